The zero-order valence-corrected chi connectivity index (χ0v) is 12.3. The zero-order chi connectivity index (χ0) is 14.6. The number of halogens is 1. The van der Waals surface area contributed by atoms with Crippen LogP contribution in [0.25, 0.3) is 0 Å². The van der Waals surface area contributed by atoms with Crippen LogP contribution in [0.1, 0.15) is 12.5 Å². The second kappa shape index (κ2) is 6.63. The average molecular weight is 287 g/mol. The summed E-state index contributed by atoms with van der Waals surface area (Å²) >= 11 is 5.96. The summed E-state index contributed by atoms with van der Waals surface area (Å²) in [5.41, 5.74) is 6.36. The number of nitrogens with two attached hydrogens (primary N) is 1. The molecule has 19 heavy (non-hydrogen) atoms. The fraction of sp³-hybridized carbons (Fsp3) is 0.462. The average Bonchev–Trinajstić information content (AvgIpc) is 2.38. The number of rotatable bonds is 5. The standard InChI is InChI=1S/C13H19ClN2O3/c1-8(13(17)16(2)3)19-12-9(7-15)5-10(14)6-11(12)18-4/h5-6,8H,7,15H2,1-4H3. The Kier molecular flexibility index (Phi) is 5.44. The van der Waals surface area contributed by atoms with Crippen LogP contribution in [0.15, 0.2) is 12.1 Å². The van der Waals surface area contributed by atoms with Crippen molar-refractivity contribution in [2.75, 3.05) is 21.2 Å². The van der Waals surface area contributed by atoms with Crippen molar-refractivity contribution in [2.24, 2.45) is 5.73 Å². The molecule has 2 N–H and O–H groups in total. The Labute approximate surface area is 118 Å². The smallest absolute Gasteiger partial charge is 0.262 e. The van der Waals surface area contributed by atoms with Gasteiger partial charge in [-0.15, -0.1) is 0 Å². The lowest BCUT2D eigenvalue weighted by Crippen LogP contribution is -2.35. The number of methoxy groups -OCH3 is 1. The highest BCUT2D eigenvalue weighted by Gasteiger charge is 2.20. The Hall–Kier alpha value is -1.46. The molecular weight excluding hydrogens is 268 g/mol. The van der Waals surface area contributed by atoms with E-state index >= 15 is 0 Å². The van der Waals surface area contributed by atoms with E-state index in [1.54, 1.807) is 33.2 Å². The minimum Gasteiger partial charge on any atom is -0.493 e. The van der Waals surface area contributed by atoms with Gasteiger partial charge in [0, 0.05) is 37.3 Å². The number of benzene rings is 1. The second-order valence-corrected chi connectivity index (χ2v) is 4.73. The molecule has 0 saturated carbocycles. The third-order valence-electron chi connectivity index (χ3n) is 2.62. The molecule has 0 spiro atoms. The summed E-state index contributed by atoms with van der Waals surface area (Å²) in [6.07, 6.45) is -0.629. The summed E-state index contributed by atoms with van der Waals surface area (Å²) in [4.78, 5) is 13.3. The summed E-state index contributed by atoms with van der Waals surface area (Å²) in [5, 5.41) is 0.510. The molecule has 1 rings (SSSR count). The molecule has 106 valence electrons. The fourth-order valence-electron chi connectivity index (χ4n) is 1.65. The van der Waals surface area contributed by atoms with Gasteiger partial charge in [-0.05, 0) is 13.0 Å². The molecule has 0 bridgehead atoms. The number of ether oxygens (including phenoxy) is 2. The molecule has 6 heteroatoms. The van der Waals surface area contributed by atoms with E-state index in [0.29, 0.717) is 22.1 Å². The maximum Gasteiger partial charge on any atom is 0.262 e. The first-order chi connectivity index (χ1) is 8.90. The van der Waals surface area contributed by atoms with Crippen molar-refractivity contribution < 1.29 is 14.3 Å². The molecule has 1 unspecified atom stereocenters. The van der Waals surface area contributed by atoms with E-state index < -0.39 is 6.10 Å². The maximum absolute atomic E-state index is 11.8. The highest BCUT2D eigenvalue weighted by Crippen LogP contribution is 2.35. The van der Waals surface area contributed by atoms with E-state index in [-0.39, 0.29) is 12.5 Å². The quantitative estimate of drug-likeness (QED) is 0.894. The molecule has 0 fully saturated rings. The number of carbonyl (C=O) groups is 1. The van der Waals surface area contributed by atoms with Gasteiger partial charge in [0.2, 0.25) is 0 Å². The van der Waals surface area contributed by atoms with Crippen molar-refractivity contribution in [2.45, 2.75) is 19.6 Å². The van der Waals surface area contributed by atoms with E-state index in [0.717, 1.165) is 0 Å². The minimum absolute atomic E-state index is 0.139. The van der Waals surface area contributed by atoms with Crippen molar-refractivity contribution in [3.05, 3.63) is 22.7 Å². The lowest BCUT2D eigenvalue weighted by Gasteiger charge is -2.21. The molecule has 1 aromatic rings. The van der Waals surface area contributed by atoms with Crippen LogP contribution >= 0.6 is 11.6 Å². The monoisotopic (exact) mass is 286 g/mol. The van der Waals surface area contributed by atoms with Gasteiger partial charge in [0.25, 0.3) is 5.91 Å². The molecule has 0 saturated heterocycles. The number of hydrogen-bond acceptors (Lipinski definition) is 4. The predicted octanol–water partition coefficient (Wildman–Crippen LogP) is 1.66. The van der Waals surface area contributed by atoms with Crippen molar-refractivity contribution in [1.29, 1.82) is 0 Å². The Morgan fingerprint density at radius 1 is 1.47 bits per heavy atom. The van der Waals surface area contributed by atoms with Crippen LogP contribution in [0.3, 0.4) is 0 Å². The number of nitrogens with zero attached hydrogens (tertiary/aromatic N) is 1. The maximum atomic E-state index is 11.8. The summed E-state index contributed by atoms with van der Waals surface area (Å²) in [6, 6.07) is 3.33. The van der Waals surface area contributed by atoms with Gasteiger partial charge in [-0.1, -0.05) is 11.6 Å². The highest BCUT2D eigenvalue weighted by atomic mass is 35.5. The number of carbonyl (C=O) groups excluding carboxylic acids is 1. The normalized spacial score (nSPS) is 11.9. The van der Waals surface area contributed by atoms with E-state index in [1.807, 2.05) is 0 Å². The molecule has 1 aromatic carbocycles. The molecule has 5 nitrogen and oxygen atoms in total. The molecule has 0 aromatic heterocycles. The number of amides is 1. The topological polar surface area (TPSA) is 64.8 Å². The summed E-state index contributed by atoms with van der Waals surface area (Å²) < 4.78 is 10.9. The van der Waals surface area contributed by atoms with Crippen LogP contribution in [0, 0.1) is 0 Å². The van der Waals surface area contributed by atoms with Crippen molar-refractivity contribution in [3.63, 3.8) is 0 Å². The van der Waals surface area contributed by atoms with E-state index in [9.17, 15) is 4.79 Å². The van der Waals surface area contributed by atoms with Gasteiger partial charge in [0.15, 0.2) is 17.6 Å². The summed E-state index contributed by atoms with van der Waals surface area (Å²) in [7, 11) is 4.85. The van der Waals surface area contributed by atoms with Crippen molar-refractivity contribution >= 4 is 17.5 Å². The van der Waals surface area contributed by atoms with Gasteiger partial charge < -0.3 is 20.1 Å². The Morgan fingerprint density at radius 2 is 2.11 bits per heavy atom. The zero-order valence-electron chi connectivity index (χ0n) is 11.6. The first-order valence-corrected chi connectivity index (χ1v) is 6.22. The van der Waals surface area contributed by atoms with Crippen LogP contribution in [-0.2, 0) is 11.3 Å². The minimum atomic E-state index is -0.629. The van der Waals surface area contributed by atoms with Gasteiger partial charge in [0.1, 0.15) is 0 Å². The third-order valence-corrected chi connectivity index (χ3v) is 2.84. The fourth-order valence-corrected chi connectivity index (χ4v) is 1.88. The van der Waals surface area contributed by atoms with Crippen LogP contribution in [0.5, 0.6) is 11.5 Å². The third kappa shape index (κ3) is 3.75. The SMILES string of the molecule is COc1cc(Cl)cc(CN)c1OC(C)C(=O)N(C)C. The van der Waals surface area contributed by atoms with Crippen molar-refractivity contribution in [1.82, 2.24) is 4.90 Å². The van der Waals surface area contributed by atoms with Crippen molar-refractivity contribution in [3.8, 4) is 11.5 Å². The molecule has 1 atom stereocenters. The van der Waals surface area contributed by atoms with Gasteiger partial charge in [-0.25, -0.2) is 0 Å². The van der Waals surface area contributed by atoms with Gasteiger partial charge in [-0.2, -0.15) is 0 Å². The van der Waals surface area contributed by atoms with E-state index in [2.05, 4.69) is 0 Å². The van der Waals surface area contributed by atoms with Crippen LogP contribution in [-0.4, -0.2) is 38.1 Å². The molecule has 1 amide bonds. The van der Waals surface area contributed by atoms with Gasteiger partial charge in [0.05, 0.1) is 7.11 Å². The molecule has 0 aliphatic carbocycles. The highest BCUT2D eigenvalue weighted by molar-refractivity contribution is 6.30. The van der Waals surface area contributed by atoms with Crippen LogP contribution < -0.4 is 15.2 Å². The first kappa shape index (κ1) is 15.6. The molecule has 0 aliphatic rings. The van der Waals surface area contributed by atoms with Gasteiger partial charge in [-0.3, -0.25) is 4.79 Å². The molecule has 0 radical (unpaired) electrons. The number of hydrogen-bond donors (Lipinski definition) is 1. The predicted molar refractivity (Wildman–Crippen MR) is 74.7 cm³/mol. The van der Waals surface area contributed by atoms with E-state index in [4.69, 9.17) is 26.8 Å². The summed E-state index contributed by atoms with van der Waals surface area (Å²) in [5.74, 6) is 0.781. The molecule has 0 heterocycles. The molecule has 0 aliphatic heterocycles. The largest absolute Gasteiger partial charge is 0.493 e. The Bertz CT molecular complexity index is 438. The first-order valence-electron chi connectivity index (χ1n) is 5.85. The summed E-state index contributed by atoms with van der Waals surface area (Å²) in [6.45, 7) is 1.92. The molecular formula is C13H19ClN2O3. The Morgan fingerprint density at radius 3 is 2.58 bits per heavy atom. The number of likely N-dealkylation sites (N-methyl/N-ethyl adjacent to an activating group) is 1. The van der Waals surface area contributed by atoms with Crippen LogP contribution in [0.2, 0.25) is 5.02 Å². The lowest BCUT2D eigenvalue weighted by atomic mass is 10.2. The second-order valence-electron chi connectivity index (χ2n) is 4.29. The van der Waals surface area contributed by atoms with Crippen LogP contribution in [0.4, 0.5) is 0 Å². The van der Waals surface area contributed by atoms with Gasteiger partial charge >= 0.3 is 0 Å². The van der Waals surface area contributed by atoms with E-state index in [1.165, 1.54) is 12.0 Å². The Balaban J connectivity index is 3.08. The lowest BCUT2D eigenvalue weighted by molar-refractivity contribution is -0.135.